The van der Waals surface area contributed by atoms with Gasteiger partial charge in [0.05, 0.1) is 5.69 Å². The highest BCUT2D eigenvalue weighted by Gasteiger charge is 2.48. The fraction of sp³-hybridized carbons (Fsp3) is 0.607. The van der Waals surface area contributed by atoms with Crippen molar-refractivity contribution in [3.63, 3.8) is 0 Å². The predicted molar refractivity (Wildman–Crippen MR) is 134 cm³/mol. The molecule has 2 aromatic rings. The molecule has 4 aliphatic rings. The number of nitrogens with zero attached hydrogens (tertiary/aromatic N) is 3. The fourth-order valence-electron chi connectivity index (χ4n) is 6.15. The first-order valence-electron chi connectivity index (χ1n) is 13.2. The lowest BCUT2D eigenvalue weighted by Gasteiger charge is -2.31. The summed E-state index contributed by atoms with van der Waals surface area (Å²) in [4.78, 5) is 35.5. The van der Waals surface area contributed by atoms with Gasteiger partial charge in [0.2, 0.25) is 0 Å². The van der Waals surface area contributed by atoms with Crippen LogP contribution in [0.15, 0.2) is 18.2 Å². The zero-order valence-corrected chi connectivity index (χ0v) is 21.3. The van der Waals surface area contributed by atoms with Crippen molar-refractivity contribution in [2.75, 3.05) is 20.1 Å². The molecule has 7 heteroatoms. The van der Waals surface area contributed by atoms with Crippen LogP contribution in [-0.2, 0) is 25.2 Å². The Morgan fingerprint density at radius 1 is 1.17 bits per heavy atom. The fourth-order valence-corrected chi connectivity index (χ4v) is 7.35. The molecule has 0 radical (unpaired) electrons. The number of aromatic nitrogens is 1. The second-order valence-corrected chi connectivity index (χ2v) is 12.3. The minimum Gasteiger partial charge on any atom is -0.337 e. The summed E-state index contributed by atoms with van der Waals surface area (Å²) in [6.45, 7) is 3.54. The molecule has 2 saturated carbocycles. The zero-order valence-electron chi connectivity index (χ0n) is 20.5. The number of Topliss-reactive ketones (excluding diaryl/α,β-unsaturated/α-hetero) is 1. The lowest BCUT2D eigenvalue weighted by molar-refractivity contribution is 0.0815. The summed E-state index contributed by atoms with van der Waals surface area (Å²) in [6.07, 6.45) is 8.68. The molecule has 0 N–H and O–H groups in total. The molecule has 0 bridgehead atoms. The molecule has 35 heavy (non-hydrogen) atoms. The number of fused-ring (bicyclic) bond motifs is 2. The lowest BCUT2D eigenvalue weighted by Crippen LogP contribution is -2.32. The van der Waals surface area contributed by atoms with E-state index in [0.717, 1.165) is 66.6 Å². The van der Waals surface area contributed by atoms with E-state index in [0.29, 0.717) is 37.3 Å². The molecule has 0 saturated heterocycles. The Morgan fingerprint density at radius 3 is 2.71 bits per heavy atom. The number of thiazole rings is 1. The summed E-state index contributed by atoms with van der Waals surface area (Å²) in [5.41, 5.74) is 2.35. The highest BCUT2D eigenvalue weighted by atomic mass is 32.1. The maximum atomic E-state index is 14.4. The molecule has 1 amide bonds. The van der Waals surface area contributed by atoms with Crippen molar-refractivity contribution < 1.29 is 14.0 Å². The first kappa shape index (κ1) is 23.3. The number of carbonyl (C=O) groups excluding carboxylic acids is 2. The van der Waals surface area contributed by atoms with Crippen LogP contribution >= 0.6 is 11.3 Å². The van der Waals surface area contributed by atoms with Crippen LogP contribution in [0.1, 0.15) is 93.2 Å². The first-order chi connectivity index (χ1) is 16.9. The summed E-state index contributed by atoms with van der Waals surface area (Å²) >= 11 is 1.60. The molecule has 2 aliphatic carbocycles. The molecular formula is C28H34FN3O2S. The Hall–Kier alpha value is -2.12. The van der Waals surface area contributed by atoms with Crippen LogP contribution in [0, 0.1) is 11.8 Å². The molecule has 3 heterocycles. The summed E-state index contributed by atoms with van der Waals surface area (Å²) in [7, 11) is 1.79. The minimum absolute atomic E-state index is 0.0181. The van der Waals surface area contributed by atoms with Gasteiger partial charge in [-0.1, -0.05) is 25.0 Å². The van der Waals surface area contributed by atoms with Crippen molar-refractivity contribution >= 4 is 23.0 Å². The number of amides is 1. The highest BCUT2D eigenvalue weighted by Crippen LogP contribution is 2.51. The lowest BCUT2D eigenvalue weighted by atomic mass is 9.77. The topological polar surface area (TPSA) is 53.5 Å². The van der Waals surface area contributed by atoms with Crippen molar-refractivity contribution in [2.45, 2.75) is 76.5 Å². The van der Waals surface area contributed by atoms with Crippen LogP contribution in [0.2, 0.25) is 0 Å². The van der Waals surface area contributed by atoms with Gasteiger partial charge in [-0.05, 0) is 68.5 Å². The van der Waals surface area contributed by atoms with Crippen molar-refractivity contribution in [2.24, 2.45) is 11.8 Å². The molecule has 5 nitrogen and oxygen atoms in total. The summed E-state index contributed by atoms with van der Waals surface area (Å²) in [5.74, 6) is 1.39. The minimum atomic E-state index is -1.11. The highest BCUT2D eigenvalue weighted by molar-refractivity contribution is 7.12. The van der Waals surface area contributed by atoms with Gasteiger partial charge in [-0.3, -0.25) is 14.5 Å². The quantitative estimate of drug-likeness (QED) is 0.475. The molecule has 186 valence electrons. The van der Waals surface area contributed by atoms with E-state index >= 15 is 0 Å². The average Bonchev–Trinajstić information content (AvgIpc) is 3.35. The second kappa shape index (κ2) is 9.07. The van der Waals surface area contributed by atoms with Crippen molar-refractivity contribution in [3.05, 3.63) is 50.5 Å². The number of benzene rings is 1. The van der Waals surface area contributed by atoms with Crippen molar-refractivity contribution in [1.82, 2.24) is 14.8 Å². The van der Waals surface area contributed by atoms with Crippen molar-refractivity contribution in [1.29, 1.82) is 0 Å². The van der Waals surface area contributed by atoms with E-state index in [1.807, 2.05) is 18.2 Å². The van der Waals surface area contributed by atoms with Gasteiger partial charge >= 0.3 is 0 Å². The Labute approximate surface area is 210 Å². The number of hydrogen-bond acceptors (Lipinski definition) is 5. The smallest absolute Gasteiger partial charge is 0.254 e. The zero-order chi connectivity index (χ0) is 24.2. The number of carbonyl (C=O) groups is 2. The van der Waals surface area contributed by atoms with Gasteiger partial charge in [-0.2, -0.15) is 0 Å². The third-order valence-corrected chi connectivity index (χ3v) is 9.96. The monoisotopic (exact) mass is 495 g/mol. The number of ketones is 1. The number of alkyl halides is 1. The van der Waals surface area contributed by atoms with Crippen molar-refractivity contribution in [3.8, 4) is 0 Å². The van der Waals surface area contributed by atoms with E-state index in [9.17, 15) is 14.0 Å². The maximum absolute atomic E-state index is 14.4. The van der Waals surface area contributed by atoms with Gasteiger partial charge in [0.25, 0.3) is 5.91 Å². The van der Waals surface area contributed by atoms with Crippen LogP contribution in [0.4, 0.5) is 4.39 Å². The van der Waals surface area contributed by atoms with Gasteiger partial charge in [0.1, 0.15) is 5.01 Å². The molecule has 0 atom stereocenters. The van der Waals surface area contributed by atoms with Crippen LogP contribution in [-0.4, -0.2) is 46.6 Å². The van der Waals surface area contributed by atoms with Crippen LogP contribution in [0.25, 0.3) is 0 Å². The van der Waals surface area contributed by atoms with E-state index < -0.39 is 5.67 Å². The Bertz CT molecular complexity index is 1150. The van der Waals surface area contributed by atoms with Crippen LogP contribution < -0.4 is 0 Å². The average molecular weight is 496 g/mol. The van der Waals surface area contributed by atoms with Gasteiger partial charge in [0.15, 0.2) is 11.5 Å². The first-order valence-corrected chi connectivity index (χ1v) is 14.0. The van der Waals surface area contributed by atoms with E-state index in [1.54, 1.807) is 23.3 Å². The largest absolute Gasteiger partial charge is 0.337 e. The number of halogens is 1. The third kappa shape index (κ3) is 4.57. The number of rotatable bonds is 7. The molecule has 2 fully saturated rings. The Kier molecular flexibility index (Phi) is 6.04. The number of hydrogen-bond donors (Lipinski definition) is 0. The SMILES string of the molecule is CN1Cc2c(C(=O)CC3CCC(CCN4CCc5sc(C6(F)CC6)nc5C4)CC3)cccc2C1=O. The Balaban J connectivity index is 0.971. The Morgan fingerprint density at radius 2 is 1.94 bits per heavy atom. The molecular weight excluding hydrogens is 461 g/mol. The molecule has 1 aromatic heterocycles. The van der Waals surface area contributed by atoms with Crippen LogP contribution in [0.3, 0.4) is 0 Å². The maximum Gasteiger partial charge on any atom is 0.254 e. The summed E-state index contributed by atoms with van der Waals surface area (Å²) < 4.78 is 14.4. The van der Waals surface area contributed by atoms with Crippen LogP contribution in [0.5, 0.6) is 0 Å². The molecule has 0 spiro atoms. The molecule has 0 unspecified atom stereocenters. The van der Waals surface area contributed by atoms with Gasteiger partial charge in [-0.15, -0.1) is 11.3 Å². The van der Waals surface area contributed by atoms with E-state index in [1.165, 1.54) is 24.1 Å². The van der Waals surface area contributed by atoms with E-state index in [-0.39, 0.29) is 11.7 Å². The van der Waals surface area contributed by atoms with Gasteiger partial charge < -0.3 is 4.90 Å². The molecule has 1 aromatic carbocycles. The van der Waals surface area contributed by atoms with E-state index in [2.05, 4.69) is 9.88 Å². The van der Waals surface area contributed by atoms with Gasteiger partial charge in [0, 0.05) is 49.1 Å². The standard InChI is InChI=1S/C28H34FN3O2S/c1-31-16-22-20(3-2-4-21(22)26(31)34)24(33)15-19-7-5-18(6-8-19)9-13-32-14-10-25-23(17-32)30-27(35-25)28(29)11-12-28/h2-4,18-19H,5-17H2,1H3. The third-order valence-electron chi connectivity index (χ3n) is 8.62. The van der Waals surface area contributed by atoms with E-state index in [4.69, 9.17) is 0 Å². The summed E-state index contributed by atoms with van der Waals surface area (Å²) in [5, 5.41) is 0.719. The second-order valence-electron chi connectivity index (χ2n) is 11.2. The predicted octanol–water partition coefficient (Wildman–Crippen LogP) is 5.51. The molecule has 2 aliphatic heterocycles. The van der Waals surface area contributed by atoms with Gasteiger partial charge in [-0.25, -0.2) is 9.37 Å². The normalized spacial score (nSPS) is 25.4. The molecule has 6 rings (SSSR count). The summed E-state index contributed by atoms with van der Waals surface area (Å²) in [6, 6.07) is 5.58.